The zero-order chi connectivity index (χ0) is 24.8. The van der Waals surface area contributed by atoms with E-state index < -0.39 is 0 Å². The van der Waals surface area contributed by atoms with Crippen LogP contribution in [0, 0.1) is 0 Å². The second kappa shape index (κ2) is 7.31. The molecule has 0 unspecified atom stereocenters. The number of hydrogen-bond donors (Lipinski definition) is 0. The lowest BCUT2D eigenvalue weighted by atomic mass is 9.88. The molecule has 0 heteroatoms. The highest BCUT2D eigenvalue weighted by atomic mass is 14.4. The molecule has 0 aromatic heterocycles. The molecule has 0 spiro atoms. The Hall–Kier alpha value is -4.94. The summed E-state index contributed by atoms with van der Waals surface area (Å²) in [6, 6.07) is 44.9. The van der Waals surface area contributed by atoms with E-state index in [0.717, 1.165) is 0 Å². The first-order valence-corrected chi connectivity index (χ1v) is 13.3. The number of benzene rings is 6. The third-order valence-electron chi connectivity index (χ3n) is 8.56. The second-order valence-electron chi connectivity index (χ2n) is 10.4. The van der Waals surface area contributed by atoms with Crippen LogP contribution in [-0.4, -0.2) is 0 Å². The van der Waals surface area contributed by atoms with Crippen LogP contribution in [0.5, 0.6) is 0 Å². The van der Waals surface area contributed by atoms with Crippen LogP contribution in [0.3, 0.4) is 0 Å². The van der Waals surface area contributed by atoms with E-state index in [-0.39, 0.29) is 0 Å². The maximum absolute atomic E-state index is 2.34. The van der Waals surface area contributed by atoms with E-state index in [1.165, 1.54) is 88.3 Å². The van der Waals surface area contributed by atoms with Crippen molar-refractivity contribution in [1.82, 2.24) is 0 Å². The van der Waals surface area contributed by atoms with E-state index in [4.69, 9.17) is 0 Å². The van der Waals surface area contributed by atoms with Gasteiger partial charge in [-0.2, -0.15) is 0 Å². The quantitative estimate of drug-likeness (QED) is 0.232. The van der Waals surface area contributed by atoms with Crippen LogP contribution in [0.4, 0.5) is 0 Å². The van der Waals surface area contributed by atoms with Gasteiger partial charge in [0.15, 0.2) is 0 Å². The highest BCUT2D eigenvalue weighted by Crippen LogP contribution is 2.59. The predicted octanol–water partition coefficient (Wildman–Crippen LogP) is 9.72. The van der Waals surface area contributed by atoms with Crippen molar-refractivity contribution in [3.8, 4) is 0 Å². The molecule has 6 aromatic rings. The van der Waals surface area contributed by atoms with Gasteiger partial charge >= 0.3 is 0 Å². The molecule has 38 heavy (non-hydrogen) atoms. The van der Waals surface area contributed by atoms with Gasteiger partial charge < -0.3 is 0 Å². The van der Waals surface area contributed by atoms with Crippen LogP contribution in [0.25, 0.3) is 56.0 Å². The van der Waals surface area contributed by atoms with Crippen LogP contribution in [0.1, 0.15) is 44.5 Å². The van der Waals surface area contributed by atoms with E-state index in [1.807, 2.05) is 0 Å². The molecule has 3 aliphatic rings. The van der Waals surface area contributed by atoms with Gasteiger partial charge in [-0.25, -0.2) is 0 Å². The lowest BCUT2D eigenvalue weighted by Crippen LogP contribution is -1.94. The smallest absolute Gasteiger partial charge is 0.000741 e. The van der Waals surface area contributed by atoms with E-state index in [1.54, 1.807) is 0 Å². The molecule has 0 fully saturated rings. The monoisotopic (exact) mass is 478 g/mol. The van der Waals surface area contributed by atoms with Crippen LogP contribution >= 0.6 is 0 Å². The number of rotatable bonds is 2. The van der Waals surface area contributed by atoms with Crippen molar-refractivity contribution in [2.24, 2.45) is 0 Å². The van der Waals surface area contributed by atoms with E-state index in [0.29, 0.717) is 0 Å². The predicted molar refractivity (Wildman–Crippen MR) is 162 cm³/mol. The Morgan fingerprint density at radius 2 is 0.763 bits per heavy atom. The molecule has 0 bridgehead atoms. The van der Waals surface area contributed by atoms with Crippen molar-refractivity contribution in [3.63, 3.8) is 0 Å². The Labute approximate surface area is 221 Å². The number of hydrogen-bond acceptors (Lipinski definition) is 0. The van der Waals surface area contributed by atoms with E-state index in [2.05, 4.69) is 133 Å². The topological polar surface area (TPSA) is 0 Å². The zero-order valence-corrected chi connectivity index (χ0v) is 20.7. The summed E-state index contributed by atoms with van der Waals surface area (Å²) in [7, 11) is 0. The van der Waals surface area contributed by atoms with Gasteiger partial charge in [0.2, 0.25) is 0 Å². The first-order chi connectivity index (χ1) is 18.9. The minimum absolute atomic E-state index is 1.28. The minimum Gasteiger partial charge on any atom is -0.0616 e. The lowest BCUT2D eigenvalue weighted by molar-refractivity contribution is 1.54. The van der Waals surface area contributed by atoms with Gasteiger partial charge in [0.1, 0.15) is 0 Å². The molecule has 0 saturated carbocycles. The first kappa shape index (κ1) is 20.2. The van der Waals surface area contributed by atoms with Crippen LogP contribution in [0.15, 0.2) is 121 Å². The zero-order valence-electron chi connectivity index (χ0n) is 20.7. The summed E-state index contributed by atoms with van der Waals surface area (Å²) in [6.07, 6.45) is 4.49. The Morgan fingerprint density at radius 1 is 0.289 bits per heavy atom. The van der Waals surface area contributed by atoms with Crippen molar-refractivity contribution in [3.05, 3.63) is 166 Å². The molecular weight excluding hydrogens is 456 g/mol. The second-order valence-corrected chi connectivity index (χ2v) is 10.4. The number of allylic oxidation sites excluding steroid dienone is 2. The molecule has 6 aromatic carbocycles. The van der Waals surface area contributed by atoms with Crippen molar-refractivity contribution in [2.75, 3.05) is 0 Å². The Balaban J connectivity index is 1.46. The van der Waals surface area contributed by atoms with Gasteiger partial charge in [0.05, 0.1) is 0 Å². The normalized spacial score (nSPS) is 14.5. The molecule has 3 aliphatic carbocycles. The Bertz CT molecular complexity index is 2100. The van der Waals surface area contributed by atoms with Gasteiger partial charge in [-0.1, -0.05) is 133 Å². The van der Waals surface area contributed by atoms with Crippen molar-refractivity contribution in [1.29, 1.82) is 0 Å². The van der Waals surface area contributed by atoms with Crippen molar-refractivity contribution >= 4 is 56.0 Å². The molecule has 174 valence electrons. The fraction of sp³-hybridized carbons (Fsp3) is 0. The van der Waals surface area contributed by atoms with Crippen LogP contribution < -0.4 is 0 Å². The van der Waals surface area contributed by atoms with Gasteiger partial charge in [0.25, 0.3) is 0 Å². The molecule has 0 saturated heterocycles. The summed E-state index contributed by atoms with van der Waals surface area (Å²) in [6.45, 7) is 0. The third kappa shape index (κ3) is 2.50. The molecule has 0 radical (unpaired) electrons. The van der Waals surface area contributed by atoms with Crippen molar-refractivity contribution < 1.29 is 0 Å². The molecule has 9 rings (SSSR count). The summed E-state index contributed by atoms with van der Waals surface area (Å²) >= 11 is 0. The summed E-state index contributed by atoms with van der Waals surface area (Å²) in [5.41, 5.74) is 16.0. The van der Waals surface area contributed by atoms with Crippen molar-refractivity contribution in [2.45, 2.75) is 0 Å². The standard InChI is InChI=1S/C38H22/c1-2-12-26-23(9-1)10-7-17-27(26)35-29-13-3-5-15-31(29)38-36(30-14-4-6-16-32(30)37(35)38)33-22-21-25-20-19-24-11-8-18-28(33)34(24)25/h1-22H. The SMILES string of the molecule is C1=Cc2ccc(C3=C4C(=C(c5cccc6ccccc56)c5ccccc54)c4ccccc43)c3cccc1c23. The average molecular weight is 479 g/mol. The molecule has 0 nitrogen and oxygen atoms in total. The first-order valence-electron chi connectivity index (χ1n) is 13.3. The summed E-state index contributed by atoms with van der Waals surface area (Å²) < 4.78 is 0. The van der Waals surface area contributed by atoms with E-state index in [9.17, 15) is 0 Å². The average Bonchev–Trinajstić information content (AvgIpc) is 3.64. The highest BCUT2D eigenvalue weighted by molar-refractivity contribution is 6.37. The van der Waals surface area contributed by atoms with Crippen LogP contribution in [-0.2, 0) is 0 Å². The Kier molecular flexibility index (Phi) is 3.88. The largest absolute Gasteiger partial charge is 0.0616 e. The molecule has 0 amide bonds. The summed E-state index contributed by atoms with van der Waals surface area (Å²) in [5, 5.41) is 5.28. The fourth-order valence-electron chi connectivity index (χ4n) is 7.04. The fourth-order valence-corrected chi connectivity index (χ4v) is 7.04. The van der Waals surface area contributed by atoms with Gasteiger partial charge in [-0.3, -0.25) is 0 Å². The molecular formula is C38H22. The maximum Gasteiger partial charge on any atom is -0.000741 e. The maximum atomic E-state index is 2.34. The minimum atomic E-state index is 1.28. The van der Waals surface area contributed by atoms with Gasteiger partial charge in [0, 0.05) is 0 Å². The molecule has 0 aliphatic heterocycles. The highest BCUT2D eigenvalue weighted by Gasteiger charge is 2.38. The molecule has 0 atom stereocenters. The Morgan fingerprint density at radius 3 is 1.47 bits per heavy atom. The van der Waals surface area contributed by atoms with Gasteiger partial charge in [-0.15, -0.1) is 0 Å². The lowest BCUT2D eigenvalue weighted by Gasteiger charge is -2.15. The number of fused-ring (bicyclic) bond motifs is 6. The van der Waals surface area contributed by atoms with Crippen LogP contribution in [0.2, 0.25) is 0 Å². The van der Waals surface area contributed by atoms with Gasteiger partial charge in [-0.05, 0) is 88.3 Å². The third-order valence-corrected chi connectivity index (χ3v) is 8.56. The van der Waals surface area contributed by atoms with E-state index >= 15 is 0 Å². The summed E-state index contributed by atoms with van der Waals surface area (Å²) in [5.74, 6) is 0. The molecule has 0 N–H and O–H groups in total. The summed E-state index contributed by atoms with van der Waals surface area (Å²) in [4.78, 5) is 0. The molecule has 0 heterocycles.